The van der Waals surface area contributed by atoms with Crippen molar-refractivity contribution >= 4 is 17.7 Å². The van der Waals surface area contributed by atoms with Crippen molar-refractivity contribution in [3.8, 4) is 0 Å². The maximum absolute atomic E-state index is 11.4. The predicted molar refractivity (Wildman–Crippen MR) is 115 cm³/mol. The highest BCUT2D eigenvalue weighted by Crippen LogP contribution is 1.93. The molecule has 0 radical (unpaired) electrons. The summed E-state index contributed by atoms with van der Waals surface area (Å²) in [4.78, 5) is 35.7. The van der Waals surface area contributed by atoms with Crippen molar-refractivity contribution in [3.05, 3.63) is 0 Å². The number of hydrogen-bond acceptors (Lipinski definition) is 5. The van der Waals surface area contributed by atoms with Crippen LogP contribution in [0.3, 0.4) is 0 Å². The van der Waals surface area contributed by atoms with Gasteiger partial charge >= 0.3 is 0 Å². The smallest absolute Gasteiger partial charge is 0.221 e. The maximum atomic E-state index is 11.4. The summed E-state index contributed by atoms with van der Waals surface area (Å²) < 4.78 is 0. The Kier molecular flexibility index (Phi) is 17.8. The molecule has 8 nitrogen and oxygen atoms in total. The topological polar surface area (TPSA) is 103 Å². The molecule has 28 heavy (non-hydrogen) atoms. The van der Waals surface area contributed by atoms with Crippen LogP contribution in [0.5, 0.6) is 0 Å². The molecule has 0 saturated heterocycles. The van der Waals surface area contributed by atoms with Gasteiger partial charge in [-0.05, 0) is 55.6 Å². The number of carbonyl (C=O) groups is 3. The molecule has 0 bridgehead atoms. The summed E-state index contributed by atoms with van der Waals surface area (Å²) in [5.41, 5.74) is 0. The molecule has 0 heterocycles. The summed E-state index contributed by atoms with van der Waals surface area (Å²) in [6.07, 6.45) is 1.51. The van der Waals surface area contributed by atoms with E-state index in [1.807, 2.05) is 60.5 Å². The minimum atomic E-state index is 0.0588. The second-order valence-electron chi connectivity index (χ2n) is 7.82. The normalized spacial score (nSPS) is 10.7. The Hall–Kier alpha value is -1.67. The molecule has 3 amide bonds. The van der Waals surface area contributed by atoms with Crippen LogP contribution in [0, 0.1) is 0 Å². The largest absolute Gasteiger partial charge is 0.354 e. The van der Waals surface area contributed by atoms with E-state index in [-0.39, 0.29) is 35.8 Å². The van der Waals surface area contributed by atoms with Crippen LogP contribution in [-0.4, -0.2) is 74.5 Å². The highest BCUT2D eigenvalue weighted by molar-refractivity contribution is 5.77. The molecule has 0 spiro atoms. The van der Waals surface area contributed by atoms with Crippen LogP contribution in [0.4, 0.5) is 0 Å². The molecule has 0 saturated carbocycles. The van der Waals surface area contributed by atoms with Gasteiger partial charge in [0.2, 0.25) is 17.7 Å². The van der Waals surface area contributed by atoms with Crippen LogP contribution in [0.15, 0.2) is 0 Å². The van der Waals surface area contributed by atoms with Gasteiger partial charge in [-0.1, -0.05) is 0 Å². The van der Waals surface area contributed by atoms with Crippen LogP contribution in [0.1, 0.15) is 60.8 Å². The van der Waals surface area contributed by atoms with E-state index in [1.165, 1.54) is 0 Å². The lowest BCUT2D eigenvalue weighted by Gasteiger charge is -2.17. The first-order valence-corrected chi connectivity index (χ1v) is 10.2. The minimum Gasteiger partial charge on any atom is -0.354 e. The second-order valence-corrected chi connectivity index (χ2v) is 7.82. The van der Waals surface area contributed by atoms with E-state index < -0.39 is 0 Å². The summed E-state index contributed by atoms with van der Waals surface area (Å²) >= 11 is 0. The van der Waals surface area contributed by atoms with Crippen LogP contribution >= 0.6 is 0 Å². The van der Waals surface area contributed by atoms with Gasteiger partial charge < -0.3 is 26.2 Å². The Bertz CT molecular complexity index is 414. The summed E-state index contributed by atoms with van der Waals surface area (Å²) in [6, 6.07) is 0.614. The van der Waals surface area contributed by atoms with Gasteiger partial charge in [0.25, 0.3) is 0 Å². The van der Waals surface area contributed by atoms with Crippen LogP contribution in [0.2, 0.25) is 0 Å². The van der Waals surface area contributed by atoms with Crippen LogP contribution < -0.4 is 21.3 Å². The highest BCUT2D eigenvalue weighted by Gasteiger charge is 2.08. The van der Waals surface area contributed by atoms with Crippen molar-refractivity contribution in [1.29, 1.82) is 0 Å². The van der Waals surface area contributed by atoms with Gasteiger partial charge in [-0.25, -0.2) is 0 Å². The van der Waals surface area contributed by atoms with Crippen molar-refractivity contribution in [2.24, 2.45) is 0 Å². The molecule has 8 heteroatoms. The van der Waals surface area contributed by atoms with E-state index in [4.69, 9.17) is 0 Å². The third-order valence-corrected chi connectivity index (χ3v) is 3.39. The SMILES string of the molecule is CC(C)NC(=O)CCN(C)CCC(=O)NC(C)C.CNCCC(=O)NC(C)C. The summed E-state index contributed by atoms with van der Waals surface area (Å²) in [5, 5.41) is 11.4. The quantitative estimate of drug-likeness (QED) is 0.389. The molecule has 4 N–H and O–H groups in total. The lowest BCUT2D eigenvalue weighted by molar-refractivity contribution is -0.122. The Balaban J connectivity index is 0. The fourth-order valence-corrected chi connectivity index (χ4v) is 2.12. The summed E-state index contributed by atoms with van der Waals surface area (Å²) in [6.45, 7) is 13.8. The average molecular weight is 402 g/mol. The number of nitrogens with zero attached hydrogens (tertiary/aromatic N) is 1. The van der Waals surface area contributed by atoms with Gasteiger partial charge in [0.15, 0.2) is 0 Å². The minimum absolute atomic E-state index is 0.0588. The zero-order chi connectivity index (χ0) is 22.1. The molecule has 0 rings (SSSR count). The van der Waals surface area contributed by atoms with E-state index in [2.05, 4.69) is 21.3 Å². The van der Waals surface area contributed by atoms with Crippen molar-refractivity contribution < 1.29 is 14.4 Å². The molecule has 0 atom stereocenters. The molecular formula is C20H43N5O3. The molecule has 166 valence electrons. The molecule has 0 aromatic rings. The summed E-state index contributed by atoms with van der Waals surface area (Å²) in [7, 11) is 3.76. The number of hydrogen-bond donors (Lipinski definition) is 4. The van der Waals surface area contributed by atoms with Crippen molar-refractivity contribution in [2.75, 3.05) is 33.7 Å². The van der Waals surface area contributed by atoms with Crippen molar-refractivity contribution in [3.63, 3.8) is 0 Å². The molecule has 0 unspecified atom stereocenters. The van der Waals surface area contributed by atoms with Gasteiger partial charge in [0.1, 0.15) is 0 Å². The van der Waals surface area contributed by atoms with E-state index in [9.17, 15) is 14.4 Å². The maximum Gasteiger partial charge on any atom is 0.221 e. The molecule has 0 aromatic heterocycles. The third-order valence-electron chi connectivity index (χ3n) is 3.39. The lowest BCUT2D eigenvalue weighted by atomic mass is 10.3. The first kappa shape index (κ1) is 28.5. The predicted octanol–water partition coefficient (Wildman–Crippen LogP) is 0.868. The van der Waals surface area contributed by atoms with Gasteiger partial charge in [0, 0.05) is 57.0 Å². The molecule has 0 aliphatic heterocycles. The Morgan fingerprint density at radius 2 is 1.00 bits per heavy atom. The highest BCUT2D eigenvalue weighted by atomic mass is 16.2. The fraction of sp³-hybridized carbons (Fsp3) is 0.850. The fourth-order valence-electron chi connectivity index (χ4n) is 2.12. The number of rotatable bonds is 12. The molecular weight excluding hydrogens is 358 g/mol. The first-order valence-electron chi connectivity index (χ1n) is 10.2. The third kappa shape index (κ3) is 22.4. The van der Waals surface area contributed by atoms with Crippen molar-refractivity contribution in [2.45, 2.75) is 78.9 Å². The van der Waals surface area contributed by atoms with Gasteiger partial charge in [-0.15, -0.1) is 0 Å². The average Bonchev–Trinajstić information content (AvgIpc) is 2.55. The number of amides is 3. The van der Waals surface area contributed by atoms with E-state index >= 15 is 0 Å². The summed E-state index contributed by atoms with van der Waals surface area (Å²) in [5.74, 6) is 0.233. The molecule has 0 fully saturated rings. The Morgan fingerprint density at radius 1 is 0.679 bits per heavy atom. The van der Waals surface area contributed by atoms with Crippen LogP contribution in [0.25, 0.3) is 0 Å². The molecule has 0 aliphatic rings. The number of nitrogens with one attached hydrogen (secondary N) is 4. The van der Waals surface area contributed by atoms with E-state index in [0.717, 1.165) is 6.54 Å². The van der Waals surface area contributed by atoms with Gasteiger partial charge in [0.05, 0.1) is 0 Å². The standard InChI is InChI=1S/C13H27N3O2.C7H16N2O/c1-10(2)14-12(17)6-8-16(5)9-7-13(18)15-11(3)4;1-6(2)9-7(10)4-5-8-3/h10-11H,6-9H2,1-5H3,(H,14,17)(H,15,18);6,8H,4-5H2,1-3H3,(H,9,10). The lowest BCUT2D eigenvalue weighted by Crippen LogP contribution is -2.35. The Morgan fingerprint density at radius 3 is 1.29 bits per heavy atom. The van der Waals surface area contributed by atoms with Crippen molar-refractivity contribution in [1.82, 2.24) is 26.2 Å². The molecule has 0 aromatic carbocycles. The first-order chi connectivity index (χ1) is 13.0. The zero-order valence-corrected chi connectivity index (χ0v) is 19.1. The number of carbonyl (C=O) groups excluding carboxylic acids is 3. The van der Waals surface area contributed by atoms with Gasteiger partial charge in [-0.2, -0.15) is 0 Å². The van der Waals surface area contributed by atoms with E-state index in [1.54, 1.807) is 0 Å². The van der Waals surface area contributed by atoms with E-state index in [0.29, 0.717) is 32.4 Å². The Labute approximate surface area is 171 Å². The van der Waals surface area contributed by atoms with Crippen LogP contribution in [-0.2, 0) is 14.4 Å². The molecule has 0 aliphatic carbocycles. The van der Waals surface area contributed by atoms with Gasteiger partial charge in [-0.3, -0.25) is 14.4 Å². The second kappa shape index (κ2) is 17.4. The monoisotopic (exact) mass is 401 g/mol. The zero-order valence-electron chi connectivity index (χ0n) is 19.1.